The van der Waals surface area contributed by atoms with E-state index in [0.29, 0.717) is 0 Å². The number of benzene rings is 1. The minimum absolute atomic E-state index is 0.205. The Morgan fingerprint density at radius 1 is 1.33 bits per heavy atom. The number of fused-ring (bicyclic) bond motifs is 2. The molecule has 0 spiro atoms. The average Bonchev–Trinajstić information content (AvgIpc) is 3.02. The Bertz CT molecular complexity index is 649. The zero-order chi connectivity index (χ0) is 14.4. The number of hydrogen-bond acceptors (Lipinski definition) is 2. The first kappa shape index (κ1) is 13.0. The maximum absolute atomic E-state index is 10.2. The van der Waals surface area contributed by atoms with Crippen LogP contribution in [0.5, 0.6) is 5.75 Å². The van der Waals surface area contributed by atoms with E-state index in [4.69, 9.17) is 4.74 Å². The SMILES string of the molecule is Cc1cc2c(n1CC1Cc3ccccc3O1)CCCC2O. The highest BCUT2D eigenvalue weighted by Crippen LogP contribution is 2.34. The van der Waals surface area contributed by atoms with Gasteiger partial charge in [-0.1, -0.05) is 18.2 Å². The molecular weight excluding hydrogens is 262 g/mol. The van der Waals surface area contributed by atoms with Crippen molar-refractivity contribution in [3.63, 3.8) is 0 Å². The van der Waals surface area contributed by atoms with Crippen molar-refractivity contribution in [3.05, 3.63) is 52.8 Å². The van der Waals surface area contributed by atoms with Crippen LogP contribution in [0.2, 0.25) is 0 Å². The van der Waals surface area contributed by atoms with Gasteiger partial charge in [0.2, 0.25) is 0 Å². The van der Waals surface area contributed by atoms with Gasteiger partial charge in [-0.05, 0) is 43.9 Å². The largest absolute Gasteiger partial charge is 0.488 e. The van der Waals surface area contributed by atoms with Crippen molar-refractivity contribution < 1.29 is 9.84 Å². The number of para-hydroxylation sites is 1. The van der Waals surface area contributed by atoms with Crippen molar-refractivity contribution in [2.75, 3.05) is 0 Å². The molecule has 3 heteroatoms. The second kappa shape index (κ2) is 4.92. The summed E-state index contributed by atoms with van der Waals surface area (Å²) in [6.07, 6.45) is 3.93. The highest BCUT2D eigenvalue weighted by Gasteiger charge is 2.27. The summed E-state index contributed by atoms with van der Waals surface area (Å²) in [5.74, 6) is 1.03. The fraction of sp³-hybridized carbons (Fsp3) is 0.444. The molecule has 1 aliphatic carbocycles. The molecule has 1 aliphatic heterocycles. The number of aromatic nitrogens is 1. The monoisotopic (exact) mass is 283 g/mol. The van der Waals surface area contributed by atoms with Gasteiger partial charge in [0.15, 0.2) is 0 Å². The van der Waals surface area contributed by atoms with E-state index in [2.05, 4.69) is 35.8 Å². The van der Waals surface area contributed by atoms with Crippen LogP contribution in [0.25, 0.3) is 0 Å². The minimum atomic E-state index is -0.282. The first-order valence-corrected chi connectivity index (χ1v) is 7.84. The van der Waals surface area contributed by atoms with Crippen molar-refractivity contribution >= 4 is 0 Å². The van der Waals surface area contributed by atoms with Crippen LogP contribution in [0.4, 0.5) is 0 Å². The predicted octanol–water partition coefficient (Wildman–Crippen LogP) is 3.17. The van der Waals surface area contributed by atoms with Crippen molar-refractivity contribution in [2.45, 2.75) is 51.4 Å². The fourth-order valence-electron chi connectivity index (χ4n) is 3.75. The average molecular weight is 283 g/mol. The Morgan fingerprint density at radius 2 is 2.19 bits per heavy atom. The molecule has 4 rings (SSSR count). The molecule has 3 nitrogen and oxygen atoms in total. The van der Waals surface area contributed by atoms with Crippen LogP contribution in [-0.4, -0.2) is 15.8 Å². The molecule has 0 amide bonds. The van der Waals surface area contributed by atoms with Crippen LogP contribution in [0.1, 0.15) is 41.5 Å². The Morgan fingerprint density at radius 3 is 3.05 bits per heavy atom. The molecular formula is C18H21NO2. The van der Waals surface area contributed by atoms with E-state index in [1.165, 1.54) is 17.0 Å². The van der Waals surface area contributed by atoms with E-state index in [9.17, 15) is 5.11 Å². The number of hydrogen-bond donors (Lipinski definition) is 1. The summed E-state index contributed by atoms with van der Waals surface area (Å²) in [6, 6.07) is 10.5. The number of rotatable bonds is 2. The van der Waals surface area contributed by atoms with E-state index >= 15 is 0 Å². The van der Waals surface area contributed by atoms with E-state index in [0.717, 1.165) is 43.5 Å². The molecule has 0 fully saturated rings. The first-order valence-electron chi connectivity index (χ1n) is 7.84. The maximum Gasteiger partial charge on any atom is 0.123 e. The summed E-state index contributed by atoms with van der Waals surface area (Å²) in [7, 11) is 0. The van der Waals surface area contributed by atoms with Crippen molar-refractivity contribution in [3.8, 4) is 5.75 Å². The standard InChI is InChI=1S/C18H21NO2/c1-12-9-15-16(6-4-7-17(15)20)19(12)11-14-10-13-5-2-3-8-18(13)21-14/h2-3,5,8-9,14,17,20H,4,6-7,10-11H2,1H3. The summed E-state index contributed by atoms with van der Waals surface area (Å²) >= 11 is 0. The smallest absolute Gasteiger partial charge is 0.123 e. The number of aryl methyl sites for hydroxylation is 1. The number of aliphatic hydroxyl groups excluding tert-OH is 1. The molecule has 1 N–H and O–H groups in total. The lowest BCUT2D eigenvalue weighted by Gasteiger charge is -2.22. The quantitative estimate of drug-likeness (QED) is 0.918. The topological polar surface area (TPSA) is 34.4 Å². The third-order valence-corrected chi connectivity index (χ3v) is 4.80. The normalized spacial score (nSPS) is 23.5. The van der Waals surface area contributed by atoms with Gasteiger partial charge in [-0.15, -0.1) is 0 Å². The summed E-state index contributed by atoms with van der Waals surface area (Å²) in [5, 5.41) is 10.2. The Kier molecular flexibility index (Phi) is 3.03. The second-order valence-electron chi connectivity index (χ2n) is 6.26. The van der Waals surface area contributed by atoms with Crippen LogP contribution >= 0.6 is 0 Å². The Hall–Kier alpha value is -1.74. The van der Waals surface area contributed by atoms with Crippen molar-refractivity contribution in [1.29, 1.82) is 0 Å². The third-order valence-electron chi connectivity index (χ3n) is 4.80. The van der Waals surface area contributed by atoms with Crippen molar-refractivity contribution in [2.24, 2.45) is 0 Å². The highest BCUT2D eigenvalue weighted by molar-refractivity contribution is 5.37. The first-order chi connectivity index (χ1) is 10.2. The molecule has 2 atom stereocenters. The lowest BCUT2D eigenvalue weighted by atomic mass is 9.95. The van der Waals surface area contributed by atoms with E-state index in [1.807, 2.05) is 6.07 Å². The number of aliphatic hydroxyl groups is 1. The van der Waals surface area contributed by atoms with Crippen LogP contribution in [0, 0.1) is 6.92 Å². The van der Waals surface area contributed by atoms with Gasteiger partial charge in [0, 0.05) is 23.4 Å². The molecule has 2 unspecified atom stereocenters. The van der Waals surface area contributed by atoms with Gasteiger partial charge in [-0.2, -0.15) is 0 Å². The van der Waals surface area contributed by atoms with E-state index < -0.39 is 0 Å². The minimum Gasteiger partial charge on any atom is -0.488 e. The van der Waals surface area contributed by atoms with Gasteiger partial charge in [-0.25, -0.2) is 0 Å². The molecule has 110 valence electrons. The molecule has 0 bridgehead atoms. The molecule has 1 aromatic carbocycles. The highest BCUT2D eigenvalue weighted by atomic mass is 16.5. The zero-order valence-electron chi connectivity index (χ0n) is 12.4. The lowest BCUT2D eigenvalue weighted by Crippen LogP contribution is -2.23. The van der Waals surface area contributed by atoms with Crippen LogP contribution < -0.4 is 4.74 Å². The Labute approximate surface area is 125 Å². The van der Waals surface area contributed by atoms with Crippen LogP contribution in [0.15, 0.2) is 30.3 Å². The third kappa shape index (κ3) is 2.16. The van der Waals surface area contributed by atoms with Gasteiger partial charge in [0.25, 0.3) is 0 Å². The van der Waals surface area contributed by atoms with Gasteiger partial charge in [0.1, 0.15) is 11.9 Å². The molecule has 0 saturated carbocycles. The number of ether oxygens (including phenoxy) is 1. The fourth-order valence-corrected chi connectivity index (χ4v) is 3.75. The molecule has 2 aliphatic rings. The van der Waals surface area contributed by atoms with E-state index in [1.54, 1.807) is 0 Å². The summed E-state index contributed by atoms with van der Waals surface area (Å²) in [5.41, 5.74) is 4.99. The molecule has 0 radical (unpaired) electrons. The molecule has 21 heavy (non-hydrogen) atoms. The zero-order valence-corrected chi connectivity index (χ0v) is 12.4. The Balaban J connectivity index is 1.59. The summed E-state index contributed by atoms with van der Waals surface area (Å²) in [4.78, 5) is 0. The summed E-state index contributed by atoms with van der Waals surface area (Å²) < 4.78 is 8.43. The van der Waals surface area contributed by atoms with Crippen molar-refractivity contribution in [1.82, 2.24) is 4.57 Å². The predicted molar refractivity (Wildman–Crippen MR) is 81.6 cm³/mol. The maximum atomic E-state index is 10.2. The number of nitrogens with zero attached hydrogens (tertiary/aromatic N) is 1. The van der Waals surface area contributed by atoms with Crippen LogP contribution in [0.3, 0.4) is 0 Å². The molecule has 2 aromatic rings. The molecule has 1 aromatic heterocycles. The van der Waals surface area contributed by atoms with Crippen LogP contribution in [-0.2, 0) is 19.4 Å². The van der Waals surface area contributed by atoms with E-state index in [-0.39, 0.29) is 12.2 Å². The van der Waals surface area contributed by atoms with Gasteiger partial charge in [0.05, 0.1) is 12.6 Å². The summed E-state index contributed by atoms with van der Waals surface area (Å²) in [6.45, 7) is 3.01. The van der Waals surface area contributed by atoms with Gasteiger partial charge < -0.3 is 14.4 Å². The second-order valence-corrected chi connectivity index (χ2v) is 6.26. The molecule has 2 heterocycles. The van der Waals surface area contributed by atoms with Gasteiger partial charge >= 0.3 is 0 Å². The van der Waals surface area contributed by atoms with Gasteiger partial charge in [-0.3, -0.25) is 0 Å². The lowest BCUT2D eigenvalue weighted by molar-refractivity contribution is 0.154. The molecule has 0 saturated heterocycles.